The summed E-state index contributed by atoms with van der Waals surface area (Å²) < 4.78 is 27.6. The molecular weight excluding hydrogens is 459 g/mol. The van der Waals surface area contributed by atoms with E-state index in [9.17, 15) is 13.2 Å². The Morgan fingerprint density at radius 1 is 1.17 bits per heavy atom. The van der Waals surface area contributed by atoms with Crippen molar-refractivity contribution in [1.29, 1.82) is 0 Å². The number of nitrogens with zero attached hydrogens (tertiary/aromatic N) is 2. The first kappa shape index (κ1) is 21.5. The first-order valence-electron chi connectivity index (χ1n) is 9.42. The molecule has 0 spiro atoms. The lowest BCUT2D eigenvalue weighted by Gasteiger charge is -2.30. The second-order valence-electron chi connectivity index (χ2n) is 6.83. The van der Waals surface area contributed by atoms with Crippen LogP contribution in [0.1, 0.15) is 12.8 Å². The number of carbonyl (C=O) groups is 1. The lowest BCUT2D eigenvalue weighted by atomic mass is 9.97. The monoisotopic (exact) mass is 479 g/mol. The van der Waals surface area contributed by atoms with Crippen LogP contribution in [0.2, 0.25) is 0 Å². The van der Waals surface area contributed by atoms with Gasteiger partial charge in [0.15, 0.2) is 5.13 Å². The molecule has 158 valence electrons. The molecule has 1 fully saturated rings. The van der Waals surface area contributed by atoms with Gasteiger partial charge in [0.1, 0.15) is 0 Å². The Bertz CT molecular complexity index is 1120. The summed E-state index contributed by atoms with van der Waals surface area (Å²) in [5.41, 5.74) is 0.860. The standard InChI is InChI=1S/C20H21N3O3S4/c1-27-17-5-2-3-7-18(17)30(25,26)23-10-8-14(9-11-23)19(24)22-20-21-15(13-29-20)16-6-4-12-28-16/h2-7,12-14H,8-11H2,1H3,(H,21,22,24). The first-order chi connectivity index (χ1) is 14.5. The number of thioether (sulfide) groups is 1. The minimum absolute atomic E-state index is 0.0939. The highest BCUT2D eigenvalue weighted by molar-refractivity contribution is 7.99. The molecule has 1 aliphatic heterocycles. The smallest absolute Gasteiger partial charge is 0.244 e. The van der Waals surface area contributed by atoms with E-state index in [4.69, 9.17) is 0 Å². The largest absolute Gasteiger partial charge is 0.302 e. The van der Waals surface area contributed by atoms with Crippen LogP contribution in [0.15, 0.2) is 56.9 Å². The number of piperidine rings is 1. The summed E-state index contributed by atoms with van der Waals surface area (Å²) >= 11 is 4.43. The van der Waals surface area contributed by atoms with E-state index in [-0.39, 0.29) is 11.8 Å². The summed E-state index contributed by atoms with van der Waals surface area (Å²) in [4.78, 5) is 19.3. The van der Waals surface area contributed by atoms with Crippen LogP contribution in [0, 0.1) is 5.92 Å². The number of benzene rings is 1. The van der Waals surface area contributed by atoms with Gasteiger partial charge in [-0.05, 0) is 42.7 Å². The number of amides is 1. The number of sulfonamides is 1. The fourth-order valence-electron chi connectivity index (χ4n) is 3.41. The fraction of sp³-hybridized carbons (Fsp3) is 0.300. The van der Waals surface area contributed by atoms with E-state index in [0.717, 1.165) is 15.5 Å². The normalized spacial score (nSPS) is 15.9. The van der Waals surface area contributed by atoms with Gasteiger partial charge in [-0.2, -0.15) is 4.31 Å². The topological polar surface area (TPSA) is 79.4 Å². The number of carbonyl (C=O) groups excluding carboxylic acids is 1. The molecule has 4 rings (SSSR count). The number of anilines is 1. The van der Waals surface area contributed by atoms with Gasteiger partial charge in [-0.25, -0.2) is 13.4 Å². The van der Waals surface area contributed by atoms with Crippen LogP contribution in [0.4, 0.5) is 5.13 Å². The van der Waals surface area contributed by atoms with E-state index in [2.05, 4.69) is 10.3 Å². The van der Waals surface area contributed by atoms with Gasteiger partial charge in [0.25, 0.3) is 0 Å². The van der Waals surface area contributed by atoms with Crippen LogP contribution in [0.25, 0.3) is 10.6 Å². The number of nitrogens with one attached hydrogen (secondary N) is 1. The second-order valence-corrected chi connectivity index (χ2v) is 11.4. The zero-order valence-electron chi connectivity index (χ0n) is 16.3. The van der Waals surface area contributed by atoms with Gasteiger partial charge >= 0.3 is 0 Å². The Kier molecular flexibility index (Phi) is 6.59. The van der Waals surface area contributed by atoms with Crippen molar-refractivity contribution in [3.63, 3.8) is 0 Å². The van der Waals surface area contributed by atoms with E-state index in [1.165, 1.54) is 27.4 Å². The lowest BCUT2D eigenvalue weighted by Crippen LogP contribution is -2.41. The first-order valence-corrected chi connectivity index (χ1v) is 13.8. The SMILES string of the molecule is CSc1ccccc1S(=O)(=O)N1CCC(C(=O)Nc2nc(-c3cccs3)cs2)CC1. The van der Waals surface area contributed by atoms with Crippen molar-refractivity contribution in [3.05, 3.63) is 47.2 Å². The lowest BCUT2D eigenvalue weighted by molar-refractivity contribution is -0.120. The van der Waals surface area contributed by atoms with Crippen LogP contribution in [0.5, 0.6) is 0 Å². The van der Waals surface area contributed by atoms with Crippen LogP contribution < -0.4 is 5.32 Å². The molecule has 1 saturated heterocycles. The number of thiophene rings is 1. The van der Waals surface area contributed by atoms with Crippen LogP contribution in [0.3, 0.4) is 0 Å². The Balaban J connectivity index is 1.38. The molecule has 0 atom stereocenters. The van der Waals surface area contributed by atoms with Crippen molar-refractivity contribution < 1.29 is 13.2 Å². The third-order valence-electron chi connectivity index (χ3n) is 5.02. The molecule has 0 aliphatic carbocycles. The maximum absolute atomic E-state index is 13.1. The minimum atomic E-state index is -3.56. The van der Waals surface area contributed by atoms with Crippen LogP contribution >= 0.6 is 34.4 Å². The fourth-order valence-corrected chi connectivity index (χ4v) is 7.47. The van der Waals surface area contributed by atoms with Gasteiger partial charge < -0.3 is 5.32 Å². The molecule has 1 N–H and O–H groups in total. The van der Waals surface area contributed by atoms with Gasteiger partial charge in [-0.15, -0.1) is 34.4 Å². The van der Waals surface area contributed by atoms with Crippen molar-refractivity contribution in [3.8, 4) is 10.6 Å². The van der Waals surface area contributed by atoms with Crippen molar-refractivity contribution in [2.24, 2.45) is 5.92 Å². The molecule has 0 radical (unpaired) electrons. The highest BCUT2D eigenvalue weighted by atomic mass is 32.2. The molecule has 0 unspecified atom stereocenters. The van der Waals surface area contributed by atoms with Crippen molar-refractivity contribution in [2.75, 3.05) is 24.7 Å². The number of hydrogen-bond donors (Lipinski definition) is 1. The van der Waals surface area contributed by atoms with E-state index in [1.807, 2.05) is 41.3 Å². The number of thiazole rings is 1. The zero-order valence-corrected chi connectivity index (χ0v) is 19.5. The summed E-state index contributed by atoms with van der Waals surface area (Å²) in [6.45, 7) is 0.670. The molecule has 3 aromatic rings. The maximum Gasteiger partial charge on any atom is 0.244 e. The summed E-state index contributed by atoms with van der Waals surface area (Å²) in [7, 11) is -3.56. The molecular formula is C20H21N3O3S4. The Morgan fingerprint density at radius 2 is 1.93 bits per heavy atom. The van der Waals surface area contributed by atoms with Gasteiger partial charge in [0.2, 0.25) is 15.9 Å². The van der Waals surface area contributed by atoms with E-state index in [0.29, 0.717) is 36.0 Å². The molecule has 1 amide bonds. The zero-order chi connectivity index (χ0) is 21.1. The van der Waals surface area contributed by atoms with Gasteiger partial charge in [-0.1, -0.05) is 18.2 Å². The summed E-state index contributed by atoms with van der Waals surface area (Å²) in [6, 6.07) is 11.0. The summed E-state index contributed by atoms with van der Waals surface area (Å²) in [6.07, 6.45) is 2.86. The molecule has 2 aromatic heterocycles. The predicted molar refractivity (Wildman–Crippen MR) is 124 cm³/mol. The Morgan fingerprint density at radius 3 is 2.63 bits per heavy atom. The molecule has 0 bridgehead atoms. The average molecular weight is 480 g/mol. The van der Waals surface area contributed by atoms with E-state index < -0.39 is 10.0 Å². The predicted octanol–water partition coefficient (Wildman–Crippen LogP) is 4.63. The third-order valence-corrected chi connectivity index (χ3v) is 9.55. The van der Waals surface area contributed by atoms with Gasteiger partial charge in [-0.3, -0.25) is 4.79 Å². The van der Waals surface area contributed by atoms with E-state index in [1.54, 1.807) is 23.5 Å². The third kappa shape index (κ3) is 4.47. The molecule has 3 heterocycles. The van der Waals surface area contributed by atoms with Crippen molar-refractivity contribution in [1.82, 2.24) is 9.29 Å². The molecule has 10 heteroatoms. The van der Waals surface area contributed by atoms with Crippen LogP contribution in [-0.4, -0.2) is 43.0 Å². The minimum Gasteiger partial charge on any atom is -0.302 e. The second kappa shape index (κ2) is 9.19. The van der Waals surface area contributed by atoms with Gasteiger partial charge in [0.05, 0.1) is 15.5 Å². The van der Waals surface area contributed by atoms with E-state index >= 15 is 0 Å². The highest BCUT2D eigenvalue weighted by Gasteiger charge is 2.33. The summed E-state index contributed by atoms with van der Waals surface area (Å²) in [5, 5.41) is 7.40. The Labute approximate surface area is 188 Å². The van der Waals surface area contributed by atoms with Gasteiger partial charge in [0, 0.05) is 29.3 Å². The number of aromatic nitrogens is 1. The van der Waals surface area contributed by atoms with Crippen LogP contribution in [-0.2, 0) is 14.8 Å². The number of rotatable bonds is 6. The summed E-state index contributed by atoms with van der Waals surface area (Å²) in [5.74, 6) is -0.315. The molecule has 1 aliphatic rings. The molecule has 30 heavy (non-hydrogen) atoms. The Hall–Kier alpha value is -1.72. The van der Waals surface area contributed by atoms with Crippen molar-refractivity contribution >= 4 is 55.5 Å². The number of hydrogen-bond acceptors (Lipinski definition) is 7. The van der Waals surface area contributed by atoms with Crippen molar-refractivity contribution in [2.45, 2.75) is 22.6 Å². The molecule has 1 aromatic carbocycles. The highest BCUT2D eigenvalue weighted by Crippen LogP contribution is 2.31. The maximum atomic E-state index is 13.1. The average Bonchev–Trinajstić information content (AvgIpc) is 3.46. The quantitative estimate of drug-likeness (QED) is 0.522. The molecule has 6 nitrogen and oxygen atoms in total. The molecule has 0 saturated carbocycles.